The highest BCUT2D eigenvalue weighted by Gasteiger charge is 2.35. The second-order valence-electron chi connectivity index (χ2n) is 4.35. The fourth-order valence-corrected chi connectivity index (χ4v) is 2.25. The fraction of sp³-hybridized carbons (Fsp3) is 0.538. The highest BCUT2D eigenvalue weighted by molar-refractivity contribution is 5.23. The van der Waals surface area contributed by atoms with Crippen LogP contribution in [0.4, 0.5) is 0 Å². The number of rotatable bonds is 4. The highest BCUT2D eigenvalue weighted by Crippen LogP contribution is 2.44. The molecule has 1 fully saturated rings. The van der Waals surface area contributed by atoms with Crippen LogP contribution in [0.25, 0.3) is 0 Å². The molecule has 1 aromatic rings. The maximum Gasteiger partial charge on any atom is 0.0108 e. The van der Waals surface area contributed by atoms with E-state index in [0.29, 0.717) is 12.0 Å². The second kappa shape index (κ2) is 4.14. The van der Waals surface area contributed by atoms with Crippen LogP contribution in [0.3, 0.4) is 0 Å². The van der Waals surface area contributed by atoms with E-state index in [1.165, 1.54) is 18.4 Å². The Morgan fingerprint density at radius 3 is 2.43 bits per heavy atom. The molecule has 0 aromatic heterocycles. The van der Waals surface area contributed by atoms with Gasteiger partial charge in [-0.1, -0.05) is 37.3 Å². The molecular formula is C13H19N. The van der Waals surface area contributed by atoms with Gasteiger partial charge in [0, 0.05) is 12.0 Å². The Balaban J connectivity index is 2.18. The van der Waals surface area contributed by atoms with Gasteiger partial charge in [0.25, 0.3) is 0 Å². The SMILES string of the molecule is CCC(N)C(c1ccccc1)C1CC1. The van der Waals surface area contributed by atoms with E-state index in [1.807, 2.05) is 0 Å². The van der Waals surface area contributed by atoms with Gasteiger partial charge in [-0.25, -0.2) is 0 Å². The Morgan fingerprint density at radius 1 is 1.29 bits per heavy atom. The standard InChI is InChI=1S/C13H19N/c1-2-12(14)13(11-8-9-11)10-6-4-3-5-7-10/h3-7,11-13H,2,8-9,14H2,1H3. The van der Waals surface area contributed by atoms with E-state index < -0.39 is 0 Å². The van der Waals surface area contributed by atoms with Crippen LogP contribution in [-0.2, 0) is 0 Å². The molecule has 1 saturated carbocycles. The van der Waals surface area contributed by atoms with Crippen molar-refractivity contribution in [1.82, 2.24) is 0 Å². The molecule has 0 radical (unpaired) electrons. The molecular weight excluding hydrogens is 170 g/mol. The first-order valence-electron chi connectivity index (χ1n) is 5.63. The largest absolute Gasteiger partial charge is 0.327 e. The lowest BCUT2D eigenvalue weighted by atomic mass is 9.86. The first-order valence-corrected chi connectivity index (χ1v) is 5.63. The van der Waals surface area contributed by atoms with Crippen molar-refractivity contribution < 1.29 is 0 Å². The molecule has 2 N–H and O–H groups in total. The minimum atomic E-state index is 0.338. The van der Waals surface area contributed by atoms with Gasteiger partial charge in [0.1, 0.15) is 0 Å². The topological polar surface area (TPSA) is 26.0 Å². The second-order valence-corrected chi connectivity index (χ2v) is 4.35. The number of benzene rings is 1. The molecule has 0 bridgehead atoms. The van der Waals surface area contributed by atoms with Crippen LogP contribution < -0.4 is 5.73 Å². The third-order valence-corrected chi connectivity index (χ3v) is 3.25. The average Bonchev–Trinajstić information content (AvgIpc) is 3.04. The van der Waals surface area contributed by atoms with Gasteiger partial charge < -0.3 is 5.73 Å². The van der Waals surface area contributed by atoms with Crippen molar-refractivity contribution in [3.8, 4) is 0 Å². The van der Waals surface area contributed by atoms with E-state index in [0.717, 1.165) is 12.3 Å². The van der Waals surface area contributed by atoms with E-state index in [1.54, 1.807) is 0 Å². The molecule has 0 amide bonds. The van der Waals surface area contributed by atoms with Crippen molar-refractivity contribution >= 4 is 0 Å². The fourth-order valence-electron chi connectivity index (χ4n) is 2.25. The van der Waals surface area contributed by atoms with Gasteiger partial charge in [0.2, 0.25) is 0 Å². The van der Waals surface area contributed by atoms with Crippen LogP contribution in [0.1, 0.15) is 37.7 Å². The third kappa shape index (κ3) is 1.98. The van der Waals surface area contributed by atoms with E-state index in [4.69, 9.17) is 5.73 Å². The molecule has 2 rings (SSSR count). The molecule has 1 aliphatic rings. The summed E-state index contributed by atoms with van der Waals surface area (Å²) in [4.78, 5) is 0. The number of hydrogen-bond donors (Lipinski definition) is 1. The Labute approximate surface area is 86.3 Å². The highest BCUT2D eigenvalue weighted by atomic mass is 14.7. The van der Waals surface area contributed by atoms with Crippen molar-refractivity contribution in [1.29, 1.82) is 0 Å². The third-order valence-electron chi connectivity index (χ3n) is 3.25. The predicted octanol–water partition coefficient (Wildman–Crippen LogP) is 2.92. The van der Waals surface area contributed by atoms with E-state index in [2.05, 4.69) is 37.3 Å². The quantitative estimate of drug-likeness (QED) is 0.774. The van der Waals surface area contributed by atoms with Gasteiger partial charge in [0.05, 0.1) is 0 Å². The Kier molecular flexibility index (Phi) is 2.87. The summed E-state index contributed by atoms with van der Waals surface area (Å²) in [5, 5.41) is 0. The molecule has 14 heavy (non-hydrogen) atoms. The molecule has 1 nitrogen and oxygen atoms in total. The number of nitrogens with two attached hydrogens (primary N) is 1. The van der Waals surface area contributed by atoms with Crippen LogP contribution in [0.15, 0.2) is 30.3 Å². The summed E-state index contributed by atoms with van der Waals surface area (Å²) in [6, 6.07) is 11.1. The molecule has 2 atom stereocenters. The molecule has 0 aliphatic heterocycles. The molecule has 0 heterocycles. The zero-order chi connectivity index (χ0) is 9.97. The molecule has 1 aromatic carbocycles. The summed E-state index contributed by atoms with van der Waals surface area (Å²) in [7, 11) is 0. The van der Waals surface area contributed by atoms with Crippen LogP contribution in [0.2, 0.25) is 0 Å². The Morgan fingerprint density at radius 2 is 1.93 bits per heavy atom. The summed E-state index contributed by atoms with van der Waals surface area (Å²) in [5.74, 6) is 1.45. The summed E-state index contributed by atoms with van der Waals surface area (Å²) >= 11 is 0. The van der Waals surface area contributed by atoms with Crippen molar-refractivity contribution in [2.75, 3.05) is 0 Å². The lowest BCUT2D eigenvalue weighted by Crippen LogP contribution is -2.28. The lowest BCUT2D eigenvalue weighted by Gasteiger charge is -2.23. The predicted molar refractivity (Wildman–Crippen MR) is 60.2 cm³/mol. The molecule has 1 heteroatoms. The normalized spacial score (nSPS) is 20.4. The van der Waals surface area contributed by atoms with Crippen molar-refractivity contribution in [2.45, 2.75) is 38.1 Å². The van der Waals surface area contributed by atoms with Gasteiger partial charge in [0.15, 0.2) is 0 Å². The van der Waals surface area contributed by atoms with E-state index >= 15 is 0 Å². The van der Waals surface area contributed by atoms with E-state index in [9.17, 15) is 0 Å². The summed E-state index contributed by atoms with van der Waals surface area (Å²) in [6.45, 7) is 2.18. The van der Waals surface area contributed by atoms with Gasteiger partial charge in [-0.2, -0.15) is 0 Å². The Bertz CT molecular complexity index is 277. The van der Waals surface area contributed by atoms with Gasteiger partial charge in [-0.15, -0.1) is 0 Å². The zero-order valence-corrected chi connectivity index (χ0v) is 8.82. The van der Waals surface area contributed by atoms with Gasteiger partial charge in [-0.3, -0.25) is 0 Å². The van der Waals surface area contributed by atoms with Crippen molar-refractivity contribution in [3.63, 3.8) is 0 Å². The molecule has 1 aliphatic carbocycles. The van der Waals surface area contributed by atoms with Crippen LogP contribution in [0.5, 0.6) is 0 Å². The smallest absolute Gasteiger partial charge is 0.0108 e. The van der Waals surface area contributed by atoms with Gasteiger partial charge in [-0.05, 0) is 30.7 Å². The molecule has 2 unspecified atom stereocenters. The summed E-state index contributed by atoms with van der Waals surface area (Å²) < 4.78 is 0. The maximum absolute atomic E-state index is 6.19. The van der Waals surface area contributed by atoms with Crippen molar-refractivity contribution in [3.05, 3.63) is 35.9 Å². The van der Waals surface area contributed by atoms with Crippen LogP contribution >= 0.6 is 0 Å². The zero-order valence-electron chi connectivity index (χ0n) is 8.82. The van der Waals surface area contributed by atoms with Crippen LogP contribution in [-0.4, -0.2) is 6.04 Å². The maximum atomic E-state index is 6.19. The Hall–Kier alpha value is -0.820. The first kappa shape index (κ1) is 9.72. The molecule has 0 spiro atoms. The first-order chi connectivity index (χ1) is 6.83. The van der Waals surface area contributed by atoms with Crippen molar-refractivity contribution in [2.24, 2.45) is 11.7 Å². The molecule has 0 saturated heterocycles. The molecule has 76 valence electrons. The summed E-state index contributed by atoms with van der Waals surface area (Å²) in [5.41, 5.74) is 7.62. The average molecular weight is 189 g/mol. The summed E-state index contributed by atoms with van der Waals surface area (Å²) in [6.07, 6.45) is 3.82. The lowest BCUT2D eigenvalue weighted by molar-refractivity contribution is 0.471. The minimum Gasteiger partial charge on any atom is -0.327 e. The van der Waals surface area contributed by atoms with Crippen LogP contribution in [0, 0.1) is 5.92 Å². The van der Waals surface area contributed by atoms with E-state index in [-0.39, 0.29) is 0 Å². The minimum absolute atomic E-state index is 0.338. The van der Waals surface area contributed by atoms with Gasteiger partial charge >= 0.3 is 0 Å². The number of hydrogen-bond acceptors (Lipinski definition) is 1. The monoisotopic (exact) mass is 189 g/mol.